The number of anilines is 1. The van der Waals surface area contributed by atoms with Crippen LogP contribution in [0.15, 0.2) is 18.2 Å². The smallest absolute Gasteiger partial charge is 0.0416 e. The minimum absolute atomic E-state index is 0.886. The molecule has 1 aromatic rings. The van der Waals surface area contributed by atoms with Gasteiger partial charge in [-0.3, -0.25) is 5.84 Å². The first kappa shape index (κ1) is 11.0. The highest BCUT2D eigenvalue weighted by Crippen LogP contribution is 2.30. The maximum atomic E-state index is 5.91. The van der Waals surface area contributed by atoms with E-state index in [4.69, 9.17) is 5.84 Å². The number of nitrogens with two attached hydrogens (primary N) is 1. The van der Waals surface area contributed by atoms with Crippen LogP contribution >= 0.6 is 0 Å². The third-order valence-electron chi connectivity index (χ3n) is 3.83. The summed E-state index contributed by atoms with van der Waals surface area (Å²) in [5.41, 5.74) is 4.21. The highest BCUT2D eigenvalue weighted by molar-refractivity contribution is 5.58. The van der Waals surface area contributed by atoms with E-state index in [0.717, 1.165) is 39.3 Å². The lowest BCUT2D eigenvalue weighted by molar-refractivity contribution is 0.294. The molecule has 92 valence electrons. The van der Waals surface area contributed by atoms with Gasteiger partial charge in [0.15, 0.2) is 0 Å². The largest absolute Gasteiger partial charge is 0.369 e. The molecule has 3 rings (SSSR count). The molecule has 0 amide bonds. The van der Waals surface area contributed by atoms with Crippen LogP contribution < -0.4 is 10.7 Å². The lowest BCUT2D eigenvalue weighted by Crippen LogP contribution is -2.44. The van der Waals surface area contributed by atoms with Gasteiger partial charge in [0.2, 0.25) is 0 Å². The van der Waals surface area contributed by atoms with E-state index in [9.17, 15) is 0 Å². The van der Waals surface area contributed by atoms with Gasteiger partial charge in [-0.25, -0.2) is 5.01 Å². The predicted molar refractivity (Wildman–Crippen MR) is 69.6 cm³/mol. The predicted octanol–water partition coefficient (Wildman–Crippen LogP) is 0.628. The first-order valence-electron chi connectivity index (χ1n) is 6.28. The Kier molecular flexibility index (Phi) is 2.78. The van der Waals surface area contributed by atoms with E-state index < -0.39 is 0 Å². The topological polar surface area (TPSA) is 35.7 Å². The average Bonchev–Trinajstić information content (AvgIpc) is 2.70. The minimum Gasteiger partial charge on any atom is -0.369 e. The molecule has 0 saturated carbocycles. The van der Waals surface area contributed by atoms with Crippen molar-refractivity contribution < 1.29 is 0 Å². The van der Waals surface area contributed by atoms with Crippen molar-refractivity contribution in [2.24, 2.45) is 5.84 Å². The van der Waals surface area contributed by atoms with Gasteiger partial charge < -0.3 is 9.80 Å². The van der Waals surface area contributed by atoms with Crippen LogP contribution in [0, 0.1) is 0 Å². The van der Waals surface area contributed by atoms with Crippen LogP contribution in [0.4, 0.5) is 5.69 Å². The van der Waals surface area contributed by atoms with Crippen molar-refractivity contribution in [1.29, 1.82) is 0 Å². The van der Waals surface area contributed by atoms with Gasteiger partial charge in [-0.05, 0) is 24.2 Å². The second kappa shape index (κ2) is 4.29. The van der Waals surface area contributed by atoms with Gasteiger partial charge in [0, 0.05) is 45.0 Å². The Morgan fingerprint density at radius 1 is 1.06 bits per heavy atom. The van der Waals surface area contributed by atoms with E-state index in [1.165, 1.54) is 16.8 Å². The first-order chi connectivity index (χ1) is 8.24. The molecule has 0 aliphatic carbocycles. The van der Waals surface area contributed by atoms with Gasteiger partial charge in [0.25, 0.3) is 0 Å². The zero-order valence-corrected chi connectivity index (χ0v) is 10.4. The average molecular weight is 232 g/mol. The molecule has 0 spiro atoms. The summed E-state index contributed by atoms with van der Waals surface area (Å²) in [6, 6.07) is 6.59. The van der Waals surface area contributed by atoms with Crippen molar-refractivity contribution in [3.63, 3.8) is 0 Å². The molecule has 1 saturated heterocycles. The maximum absolute atomic E-state index is 5.91. The van der Waals surface area contributed by atoms with E-state index >= 15 is 0 Å². The zero-order chi connectivity index (χ0) is 11.8. The molecule has 0 aromatic heterocycles. The minimum atomic E-state index is 0.886. The van der Waals surface area contributed by atoms with Gasteiger partial charge in [-0.1, -0.05) is 12.1 Å². The Hall–Kier alpha value is -1.10. The quantitative estimate of drug-likeness (QED) is 0.720. The van der Waals surface area contributed by atoms with Gasteiger partial charge >= 0.3 is 0 Å². The molecule has 0 radical (unpaired) electrons. The van der Waals surface area contributed by atoms with Crippen molar-refractivity contribution in [3.05, 3.63) is 29.3 Å². The van der Waals surface area contributed by atoms with Gasteiger partial charge in [0.05, 0.1) is 0 Å². The van der Waals surface area contributed by atoms with E-state index in [1.807, 2.05) is 5.01 Å². The number of hydrogen-bond acceptors (Lipinski definition) is 4. The molecule has 0 atom stereocenters. The van der Waals surface area contributed by atoms with E-state index in [1.54, 1.807) is 0 Å². The molecule has 2 heterocycles. The number of benzene rings is 1. The normalized spacial score (nSPS) is 21.9. The molecule has 2 N–H and O–H groups in total. The molecule has 4 heteroatoms. The Balaban J connectivity index is 1.87. The number of rotatable bonds is 1. The van der Waals surface area contributed by atoms with Gasteiger partial charge in [0.1, 0.15) is 0 Å². The first-order valence-corrected chi connectivity index (χ1v) is 6.28. The summed E-state index contributed by atoms with van der Waals surface area (Å²) < 4.78 is 0. The summed E-state index contributed by atoms with van der Waals surface area (Å²) in [6.07, 6.45) is 0. The van der Waals surface area contributed by atoms with Crippen molar-refractivity contribution in [3.8, 4) is 0 Å². The van der Waals surface area contributed by atoms with Gasteiger partial charge in [-0.2, -0.15) is 0 Å². The van der Waals surface area contributed by atoms with E-state index in [-0.39, 0.29) is 0 Å². The van der Waals surface area contributed by atoms with E-state index in [2.05, 4.69) is 35.0 Å². The third kappa shape index (κ3) is 2.04. The Morgan fingerprint density at radius 3 is 2.59 bits per heavy atom. The number of hydrogen-bond donors (Lipinski definition) is 1. The summed E-state index contributed by atoms with van der Waals surface area (Å²) in [5, 5.41) is 1.89. The number of likely N-dealkylation sites (N-methyl/N-ethyl adjacent to an activating group) is 1. The lowest BCUT2D eigenvalue weighted by Gasteiger charge is -2.35. The molecular weight excluding hydrogens is 212 g/mol. The van der Waals surface area contributed by atoms with Crippen LogP contribution in [-0.2, 0) is 13.1 Å². The summed E-state index contributed by atoms with van der Waals surface area (Å²) in [5.74, 6) is 5.91. The highest BCUT2D eigenvalue weighted by atomic mass is 15.4. The number of nitrogens with zero attached hydrogens (tertiary/aromatic N) is 3. The molecule has 17 heavy (non-hydrogen) atoms. The Bertz CT molecular complexity index is 410. The second-order valence-electron chi connectivity index (χ2n) is 5.11. The monoisotopic (exact) mass is 232 g/mol. The summed E-state index contributed by atoms with van der Waals surface area (Å²) >= 11 is 0. The fourth-order valence-electron chi connectivity index (χ4n) is 2.77. The lowest BCUT2D eigenvalue weighted by atomic mass is 10.1. The Morgan fingerprint density at radius 2 is 1.82 bits per heavy atom. The molecular formula is C13H20N4. The van der Waals surface area contributed by atoms with Gasteiger partial charge in [-0.15, -0.1) is 0 Å². The fourth-order valence-corrected chi connectivity index (χ4v) is 2.77. The molecule has 0 bridgehead atoms. The second-order valence-corrected chi connectivity index (χ2v) is 5.11. The Labute approximate surface area is 103 Å². The van der Waals surface area contributed by atoms with Crippen LogP contribution in [0.2, 0.25) is 0 Å². The van der Waals surface area contributed by atoms with E-state index in [0.29, 0.717) is 0 Å². The van der Waals surface area contributed by atoms with Crippen LogP contribution in [0.3, 0.4) is 0 Å². The maximum Gasteiger partial charge on any atom is 0.0416 e. The molecule has 1 fully saturated rings. The van der Waals surface area contributed by atoms with Crippen LogP contribution in [0.25, 0.3) is 0 Å². The standard InChI is InChI=1S/C13H20N4/c1-15-5-7-16(8-6-15)13-4-2-3-11-9-17(14)10-12(11)13/h2-4H,5-10,14H2,1H3. The molecule has 0 unspecified atom stereocenters. The summed E-state index contributed by atoms with van der Waals surface area (Å²) in [4.78, 5) is 4.88. The molecule has 2 aliphatic heterocycles. The summed E-state index contributed by atoms with van der Waals surface area (Å²) in [7, 11) is 2.19. The third-order valence-corrected chi connectivity index (χ3v) is 3.83. The van der Waals surface area contributed by atoms with Crippen molar-refractivity contribution in [2.75, 3.05) is 38.1 Å². The van der Waals surface area contributed by atoms with Crippen LogP contribution in [-0.4, -0.2) is 43.1 Å². The van der Waals surface area contributed by atoms with Crippen molar-refractivity contribution >= 4 is 5.69 Å². The SMILES string of the molecule is CN1CCN(c2cccc3c2CN(N)C3)CC1. The number of fused-ring (bicyclic) bond motifs is 1. The molecule has 2 aliphatic rings. The van der Waals surface area contributed by atoms with Crippen molar-refractivity contribution in [1.82, 2.24) is 9.91 Å². The summed E-state index contributed by atoms with van der Waals surface area (Å²) in [6.45, 7) is 6.32. The zero-order valence-electron chi connectivity index (χ0n) is 10.4. The van der Waals surface area contributed by atoms with Crippen LogP contribution in [0.5, 0.6) is 0 Å². The van der Waals surface area contributed by atoms with Crippen LogP contribution in [0.1, 0.15) is 11.1 Å². The molecule has 1 aromatic carbocycles. The fraction of sp³-hybridized carbons (Fsp3) is 0.538. The number of piperazine rings is 1. The molecule has 4 nitrogen and oxygen atoms in total. The number of hydrazine groups is 1. The highest BCUT2D eigenvalue weighted by Gasteiger charge is 2.23. The van der Waals surface area contributed by atoms with Crippen molar-refractivity contribution in [2.45, 2.75) is 13.1 Å².